The molecule has 1 saturated heterocycles. The summed E-state index contributed by atoms with van der Waals surface area (Å²) in [6.07, 6.45) is 8.34. The molecule has 3 atom stereocenters. The number of aromatic nitrogens is 2. The number of anilines is 1. The van der Waals surface area contributed by atoms with Crippen molar-refractivity contribution in [3.63, 3.8) is 0 Å². The fourth-order valence-corrected chi connectivity index (χ4v) is 5.75. The van der Waals surface area contributed by atoms with Gasteiger partial charge in [-0.3, -0.25) is 9.59 Å². The zero-order valence-corrected chi connectivity index (χ0v) is 21.3. The first-order chi connectivity index (χ1) is 18.0. The van der Waals surface area contributed by atoms with Crippen molar-refractivity contribution in [1.29, 1.82) is 0 Å². The summed E-state index contributed by atoms with van der Waals surface area (Å²) in [6.45, 7) is 2.98. The number of benzene rings is 1. The van der Waals surface area contributed by atoms with Crippen molar-refractivity contribution in [2.45, 2.75) is 57.5 Å². The Kier molecular flexibility index (Phi) is 7.30. The Bertz CT molecular complexity index is 1290. The molecule has 3 aromatic rings. The molecule has 1 saturated carbocycles. The largest absolute Gasteiger partial charge is 0.496 e. The van der Waals surface area contributed by atoms with Crippen LogP contribution in [-0.2, 0) is 9.53 Å². The van der Waals surface area contributed by atoms with Crippen molar-refractivity contribution in [2.24, 2.45) is 5.92 Å². The summed E-state index contributed by atoms with van der Waals surface area (Å²) in [6, 6.07) is 8.44. The molecule has 9 heteroatoms. The topological polar surface area (TPSA) is 85.2 Å². The standard InChI is InChI=1S/C28H33FN4O4/c1-3-37-28(35)18-6-4-7-20(14-18)31-27(34)23-17-30-33-13-11-21(16-25(23)33)32-12-5-8-24(32)22-15-19(29)9-10-26(22)36-2/h9-11,13,15-18,20,24H,3-8,12,14H2,1-2H3,(H,31,34). The van der Waals surface area contributed by atoms with E-state index in [9.17, 15) is 14.0 Å². The van der Waals surface area contributed by atoms with Gasteiger partial charge in [-0.1, -0.05) is 6.42 Å². The highest BCUT2D eigenvalue weighted by Crippen LogP contribution is 2.40. The van der Waals surface area contributed by atoms with Crippen LogP contribution in [0.3, 0.4) is 0 Å². The van der Waals surface area contributed by atoms with Gasteiger partial charge in [0.15, 0.2) is 0 Å². The number of rotatable bonds is 7. The summed E-state index contributed by atoms with van der Waals surface area (Å²) in [5, 5.41) is 7.49. The molecule has 2 fully saturated rings. The van der Waals surface area contributed by atoms with Crippen molar-refractivity contribution in [2.75, 3.05) is 25.2 Å². The van der Waals surface area contributed by atoms with Crippen LogP contribution in [0.1, 0.15) is 67.4 Å². The number of hydrogen-bond acceptors (Lipinski definition) is 6. The average Bonchev–Trinajstić information content (AvgIpc) is 3.56. The summed E-state index contributed by atoms with van der Waals surface area (Å²) < 4.78 is 26.5. The molecule has 3 heterocycles. The van der Waals surface area contributed by atoms with Gasteiger partial charge in [-0.15, -0.1) is 0 Å². The number of nitrogens with zero attached hydrogens (tertiary/aromatic N) is 3. The van der Waals surface area contributed by atoms with Crippen molar-refractivity contribution >= 4 is 23.1 Å². The zero-order chi connectivity index (χ0) is 25.9. The van der Waals surface area contributed by atoms with E-state index in [0.717, 1.165) is 49.9 Å². The van der Waals surface area contributed by atoms with Gasteiger partial charge >= 0.3 is 5.97 Å². The van der Waals surface area contributed by atoms with E-state index in [2.05, 4.69) is 15.3 Å². The minimum atomic E-state index is -0.291. The predicted octanol–water partition coefficient (Wildman–Crippen LogP) is 4.68. The second kappa shape index (κ2) is 10.8. The Morgan fingerprint density at radius 1 is 1.16 bits per heavy atom. The smallest absolute Gasteiger partial charge is 0.308 e. The molecular weight excluding hydrogens is 475 g/mol. The molecule has 5 rings (SSSR count). The monoisotopic (exact) mass is 508 g/mol. The Labute approximate surface area is 215 Å². The van der Waals surface area contributed by atoms with E-state index in [1.807, 2.05) is 18.3 Å². The third-order valence-corrected chi connectivity index (χ3v) is 7.51. The van der Waals surface area contributed by atoms with E-state index in [4.69, 9.17) is 9.47 Å². The lowest BCUT2D eigenvalue weighted by molar-refractivity contribution is -0.149. The number of amides is 1. The first kappa shape index (κ1) is 25.0. The van der Waals surface area contributed by atoms with Crippen molar-refractivity contribution in [1.82, 2.24) is 14.9 Å². The zero-order valence-electron chi connectivity index (χ0n) is 21.3. The fourth-order valence-electron chi connectivity index (χ4n) is 5.75. The molecule has 1 aliphatic heterocycles. The molecule has 1 aromatic carbocycles. The lowest BCUT2D eigenvalue weighted by Crippen LogP contribution is -2.40. The van der Waals surface area contributed by atoms with Gasteiger partial charge in [-0.2, -0.15) is 5.10 Å². The predicted molar refractivity (Wildman–Crippen MR) is 137 cm³/mol. The summed E-state index contributed by atoms with van der Waals surface area (Å²) >= 11 is 0. The first-order valence-electron chi connectivity index (χ1n) is 13.0. The number of nitrogens with one attached hydrogen (secondary N) is 1. The number of ether oxygens (including phenoxy) is 2. The fraction of sp³-hybridized carbons (Fsp3) is 0.464. The molecule has 8 nitrogen and oxygen atoms in total. The van der Waals surface area contributed by atoms with Gasteiger partial charge in [-0.25, -0.2) is 8.91 Å². The third kappa shape index (κ3) is 5.12. The Morgan fingerprint density at radius 3 is 2.84 bits per heavy atom. The van der Waals surface area contributed by atoms with Crippen LogP contribution in [0.25, 0.3) is 5.52 Å². The molecule has 0 bridgehead atoms. The highest BCUT2D eigenvalue weighted by molar-refractivity contribution is 6.01. The molecular formula is C28H33FN4O4. The van der Waals surface area contributed by atoms with Crippen LogP contribution in [-0.4, -0.2) is 47.8 Å². The van der Waals surface area contributed by atoms with Gasteiger partial charge in [0.05, 0.1) is 43.0 Å². The van der Waals surface area contributed by atoms with Gasteiger partial charge in [0.2, 0.25) is 0 Å². The van der Waals surface area contributed by atoms with E-state index in [1.54, 1.807) is 36.9 Å². The maximum Gasteiger partial charge on any atom is 0.308 e. The molecule has 37 heavy (non-hydrogen) atoms. The van der Waals surface area contributed by atoms with Crippen LogP contribution >= 0.6 is 0 Å². The van der Waals surface area contributed by atoms with Gasteiger partial charge in [0.25, 0.3) is 5.91 Å². The van der Waals surface area contributed by atoms with E-state index in [0.29, 0.717) is 29.9 Å². The summed E-state index contributed by atoms with van der Waals surface area (Å²) in [5.41, 5.74) is 2.94. The molecule has 196 valence electrons. The Morgan fingerprint density at radius 2 is 2.03 bits per heavy atom. The average molecular weight is 509 g/mol. The molecule has 1 amide bonds. The van der Waals surface area contributed by atoms with Crippen LogP contribution in [0.5, 0.6) is 5.75 Å². The van der Waals surface area contributed by atoms with E-state index >= 15 is 0 Å². The maximum atomic E-state index is 14.1. The number of pyridine rings is 1. The highest BCUT2D eigenvalue weighted by Gasteiger charge is 2.31. The van der Waals surface area contributed by atoms with Gasteiger partial charge in [0.1, 0.15) is 11.6 Å². The number of carbonyl (C=O) groups excluding carboxylic acids is 2. The number of methoxy groups -OCH3 is 1. The highest BCUT2D eigenvalue weighted by atomic mass is 19.1. The SMILES string of the molecule is CCOC(=O)C1CCCC(NC(=O)c2cnn3ccc(N4CCCC4c4cc(F)ccc4OC)cc23)C1. The van der Waals surface area contributed by atoms with E-state index in [-0.39, 0.29) is 35.7 Å². The molecule has 2 aliphatic rings. The number of hydrogen-bond donors (Lipinski definition) is 1. The lowest BCUT2D eigenvalue weighted by atomic mass is 9.85. The normalized spacial score (nSPS) is 21.7. The number of halogens is 1. The van der Waals surface area contributed by atoms with E-state index < -0.39 is 0 Å². The molecule has 1 aliphatic carbocycles. The second-order valence-electron chi connectivity index (χ2n) is 9.80. The van der Waals surface area contributed by atoms with Gasteiger partial charge < -0.3 is 19.7 Å². The van der Waals surface area contributed by atoms with Crippen LogP contribution in [0, 0.1) is 11.7 Å². The molecule has 0 spiro atoms. The van der Waals surface area contributed by atoms with Crippen molar-refractivity contribution in [3.05, 3.63) is 59.7 Å². The molecule has 1 N–H and O–H groups in total. The van der Waals surface area contributed by atoms with E-state index in [1.165, 1.54) is 6.07 Å². The van der Waals surface area contributed by atoms with Crippen molar-refractivity contribution < 1.29 is 23.5 Å². The number of carbonyl (C=O) groups is 2. The number of fused-ring (bicyclic) bond motifs is 1. The Balaban J connectivity index is 1.37. The van der Waals surface area contributed by atoms with Crippen LogP contribution < -0.4 is 15.0 Å². The summed E-state index contributed by atoms with van der Waals surface area (Å²) in [5.74, 6) is -0.191. The lowest BCUT2D eigenvalue weighted by Gasteiger charge is -2.29. The summed E-state index contributed by atoms with van der Waals surface area (Å²) in [7, 11) is 1.60. The summed E-state index contributed by atoms with van der Waals surface area (Å²) in [4.78, 5) is 27.7. The van der Waals surface area contributed by atoms with Crippen LogP contribution in [0.15, 0.2) is 42.7 Å². The minimum absolute atomic E-state index is 0.0321. The van der Waals surface area contributed by atoms with Crippen molar-refractivity contribution in [3.8, 4) is 5.75 Å². The minimum Gasteiger partial charge on any atom is -0.496 e. The number of esters is 1. The maximum absolute atomic E-state index is 14.1. The van der Waals surface area contributed by atoms with Crippen LogP contribution in [0.2, 0.25) is 0 Å². The van der Waals surface area contributed by atoms with Crippen LogP contribution in [0.4, 0.5) is 10.1 Å². The first-order valence-corrected chi connectivity index (χ1v) is 13.0. The van der Waals surface area contributed by atoms with Gasteiger partial charge in [0, 0.05) is 30.0 Å². The van der Waals surface area contributed by atoms with Gasteiger partial charge in [-0.05, 0) is 69.4 Å². The third-order valence-electron chi connectivity index (χ3n) is 7.51. The molecule has 3 unspecified atom stereocenters. The quantitative estimate of drug-likeness (QED) is 0.467. The molecule has 0 radical (unpaired) electrons. The molecule has 2 aromatic heterocycles. The second-order valence-corrected chi connectivity index (χ2v) is 9.80. The Hall–Kier alpha value is -3.62.